The molecule has 1 aliphatic rings. The van der Waals surface area contributed by atoms with Gasteiger partial charge in [-0.1, -0.05) is 37.3 Å². The SMILES string of the molecule is CC(CN)CN1CCN(C(C)c2ccccc2)CC1. The van der Waals surface area contributed by atoms with Crippen molar-refractivity contribution in [3.8, 4) is 0 Å². The van der Waals surface area contributed by atoms with Crippen molar-refractivity contribution in [3.63, 3.8) is 0 Å². The summed E-state index contributed by atoms with van der Waals surface area (Å²) in [5.41, 5.74) is 7.13. The molecule has 1 aromatic rings. The Morgan fingerprint density at radius 1 is 1.05 bits per heavy atom. The Kier molecular flexibility index (Phi) is 5.37. The van der Waals surface area contributed by atoms with Crippen LogP contribution in [0.2, 0.25) is 0 Å². The third-order valence-corrected chi connectivity index (χ3v) is 4.21. The van der Waals surface area contributed by atoms with Crippen molar-refractivity contribution in [2.75, 3.05) is 39.3 Å². The van der Waals surface area contributed by atoms with Crippen molar-refractivity contribution in [1.82, 2.24) is 9.80 Å². The molecule has 0 bridgehead atoms. The molecule has 2 rings (SSSR count). The van der Waals surface area contributed by atoms with Crippen molar-refractivity contribution in [2.45, 2.75) is 19.9 Å². The predicted molar refractivity (Wildman–Crippen MR) is 81.1 cm³/mol. The Hall–Kier alpha value is -0.900. The van der Waals surface area contributed by atoms with Gasteiger partial charge in [0.1, 0.15) is 0 Å². The van der Waals surface area contributed by atoms with Crippen LogP contribution in [0.5, 0.6) is 0 Å². The molecular weight excluding hydrogens is 234 g/mol. The molecule has 0 aliphatic carbocycles. The van der Waals surface area contributed by atoms with E-state index in [1.807, 2.05) is 0 Å². The number of hydrogen-bond donors (Lipinski definition) is 1. The molecule has 2 unspecified atom stereocenters. The number of hydrogen-bond acceptors (Lipinski definition) is 3. The van der Waals surface area contributed by atoms with Crippen LogP contribution in [0.3, 0.4) is 0 Å². The lowest BCUT2D eigenvalue weighted by Crippen LogP contribution is -2.48. The van der Waals surface area contributed by atoms with Crippen molar-refractivity contribution >= 4 is 0 Å². The average Bonchev–Trinajstić information content (AvgIpc) is 2.48. The van der Waals surface area contributed by atoms with Crippen LogP contribution >= 0.6 is 0 Å². The number of benzene rings is 1. The lowest BCUT2D eigenvalue weighted by Gasteiger charge is -2.39. The summed E-state index contributed by atoms with van der Waals surface area (Å²) in [5.74, 6) is 0.609. The zero-order chi connectivity index (χ0) is 13.7. The van der Waals surface area contributed by atoms with E-state index in [9.17, 15) is 0 Å². The maximum Gasteiger partial charge on any atom is 0.0320 e. The molecule has 3 nitrogen and oxygen atoms in total. The zero-order valence-electron chi connectivity index (χ0n) is 12.3. The second kappa shape index (κ2) is 7.04. The van der Waals surface area contributed by atoms with Crippen molar-refractivity contribution in [1.29, 1.82) is 0 Å². The second-order valence-corrected chi connectivity index (χ2v) is 5.76. The van der Waals surface area contributed by atoms with Gasteiger partial charge in [0, 0.05) is 38.8 Å². The van der Waals surface area contributed by atoms with Gasteiger partial charge in [0.05, 0.1) is 0 Å². The Morgan fingerprint density at radius 2 is 1.68 bits per heavy atom. The Morgan fingerprint density at radius 3 is 2.26 bits per heavy atom. The molecule has 1 saturated heterocycles. The molecule has 19 heavy (non-hydrogen) atoms. The van der Waals surface area contributed by atoms with E-state index in [2.05, 4.69) is 54.0 Å². The van der Waals surface area contributed by atoms with Crippen LogP contribution in [0.1, 0.15) is 25.5 Å². The largest absolute Gasteiger partial charge is 0.330 e. The molecule has 0 aromatic heterocycles. The predicted octanol–water partition coefficient (Wildman–Crippen LogP) is 1.96. The van der Waals surface area contributed by atoms with Crippen LogP contribution in [-0.2, 0) is 0 Å². The summed E-state index contributed by atoms with van der Waals surface area (Å²) in [6, 6.07) is 11.3. The molecule has 0 saturated carbocycles. The molecule has 2 atom stereocenters. The van der Waals surface area contributed by atoms with Crippen LogP contribution in [0, 0.1) is 5.92 Å². The molecule has 0 radical (unpaired) electrons. The minimum atomic E-state index is 0.523. The summed E-state index contributed by atoms with van der Waals surface area (Å²) in [7, 11) is 0. The van der Waals surface area contributed by atoms with Gasteiger partial charge in [-0.3, -0.25) is 4.90 Å². The molecule has 106 valence electrons. The van der Waals surface area contributed by atoms with Crippen LogP contribution in [0.4, 0.5) is 0 Å². The number of piperazine rings is 1. The van der Waals surface area contributed by atoms with Gasteiger partial charge in [0.15, 0.2) is 0 Å². The fourth-order valence-electron chi connectivity index (χ4n) is 2.79. The van der Waals surface area contributed by atoms with Gasteiger partial charge >= 0.3 is 0 Å². The minimum Gasteiger partial charge on any atom is -0.330 e. The van der Waals surface area contributed by atoms with Gasteiger partial charge in [0.25, 0.3) is 0 Å². The van der Waals surface area contributed by atoms with E-state index in [1.54, 1.807) is 0 Å². The topological polar surface area (TPSA) is 32.5 Å². The Balaban J connectivity index is 1.83. The summed E-state index contributed by atoms with van der Waals surface area (Å²) in [4.78, 5) is 5.13. The third-order valence-electron chi connectivity index (χ3n) is 4.21. The Labute approximate surface area is 117 Å². The number of nitrogens with two attached hydrogens (primary N) is 1. The molecule has 0 spiro atoms. The van der Waals surface area contributed by atoms with Crippen molar-refractivity contribution < 1.29 is 0 Å². The molecule has 1 aromatic carbocycles. The molecule has 2 N–H and O–H groups in total. The van der Waals surface area contributed by atoms with Crippen LogP contribution in [0.25, 0.3) is 0 Å². The monoisotopic (exact) mass is 261 g/mol. The Bertz CT molecular complexity index is 358. The molecular formula is C16H27N3. The lowest BCUT2D eigenvalue weighted by atomic mass is 10.1. The lowest BCUT2D eigenvalue weighted by molar-refractivity contribution is 0.0938. The maximum absolute atomic E-state index is 5.70. The van der Waals surface area contributed by atoms with E-state index in [0.29, 0.717) is 12.0 Å². The average molecular weight is 261 g/mol. The summed E-state index contributed by atoms with van der Waals surface area (Å²) < 4.78 is 0. The van der Waals surface area contributed by atoms with Gasteiger partial charge in [-0.2, -0.15) is 0 Å². The van der Waals surface area contributed by atoms with Gasteiger partial charge in [0.2, 0.25) is 0 Å². The summed E-state index contributed by atoms with van der Waals surface area (Å²) in [6.07, 6.45) is 0. The first kappa shape index (κ1) is 14.5. The fraction of sp³-hybridized carbons (Fsp3) is 0.625. The molecule has 1 aliphatic heterocycles. The highest BCUT2D eigenvalue weighted by Gasteiger charge is 2.22. The first-order chi connectivity index (χ1) is 9.20. The van der Waals surface area contributed by atoms with E-state index >= 15 is 0 Å². The highest BCUT2D eigenvalue weighted by molar-refractivity contribution is 5.18. The summed E-state index contributed by atoms with van der Waals surface area (Å²) in [6.45, 7) is 11.1. The van der Waals surface area contributed by atoms with Gasteiger partial charge < -0.3 is 10.6 Å². The molecule has 3 heteroatoms. The van der Waals surface area contributed by atoms with E-state index in [0.717, 1.165) is 26.2 Å². The highest BCUT2D eigenvalue weighted by Crippen LogP contribution is 2.21. The first-order valence-corrected chi connectivity index (χ1v) is 7.42. The van der Waals surface area contributed by atoms with Gasteiger partial charge in [-0.05, 0) is 24.9 Å². The number of rotatable bonds is 5. The quantitative estimate of drug-likeness (QED) is 0.879. The van der Waals surface area contributed by atoms with E-state index < -0.39 is 0 Å². The van der Waals surface area contributed by atoms with Gasteiger partial charge in [-0.15, -0.1) is 0 Å². The second-order valence-electron chi connectivity index (χ2n) is 5.76. The first-order valence-electron chi connectivity index (χ1n) is 7.42. The highest BCUT2D eigenvalue weighted by atomic mass is 15.3. The standard InChI is InChI=1S/C16H27N3/c1-14(12-17)13-18-8-10-19(11-9-18)15(2)16-6-4-3-5-7-16/h3-7,14-15H,8-13,17H2,1-2H3. The molecule has 1 fully saturated rings. The van der Waals surface area contributed by atoms with E-state index in [4.69, 9.17) is 5.73 Å². The number of nitrogens with zero attached hydrogens (tertiary/aromatic N) is 2. The maximum atomic E-state index is 5.70. The van der Waals surface area contributed by atoms with E-state index in [1.165, 1.54) is 18.7 Å². The van der Waals surface area contributed by atoms with E-state index in [-0.39, 0.29) is 0 Å². The fourth-order valence-corrected chi connectivity index (χ4v) is 2.79. The van der Waals surface area contributed by atoms with Crippen LogP contribution in [0.15, 0.2) is 30.3 Å². The third kappa shape index (κ3) is 4.03. The van der Waals surface area contributed by atoms with Crippen molar-refractivity contribution in [3.05, 3.63) is 35.9 Å². The summed E-state index contributed by atoms with van der Waals surface area (Å²) in [5, 5.41) is 0. The normalized spacial score (nSPS) is 21.2. The zero-order valence-corrected chi connectivity index (χ0v) is 12.3. The van der Waals surface area contributed by atoms with Gasteiger partial charge in [-0.25, -0.2) is 0 Å². The van der Waals surface area contributed by atoms with Crippen LogP contribution < -0.4 is 5.73 Å². The summed E-state index contributed by atoms with van der Waals surface area (Å²) >= 11 is 0. The molecule has 1 heterocycles. The minimum absolute atomic E-state index is 0.523. The van der Waals surface area contributed by atoms with Crippen LogP contribution in [-0.4, -0.2) is 49.1 Å². The molecule has 0 amide bonds. The smallest absolute Gasteiger partial charge is 0.0320 e. The van der Waals surface area contributed by atoms with Crippen molar-refractivity contribution in [2.24, 2.45) is 11.7 Å².